The molecule has 0 unspecified atom stereocenters. The maximum atomic E-state index is 5.70. The van der Waals surface area contributed by atoms with Gasteiger partial charge in [0.25, 0.3) is 0 Å². The van der Waals surface area contributed by atoms with Crippen molar-refractivity contribution in [3.63, 3.8) is 0 Å². The molecule has 0 bridgehead atoms. The molecule has 0 spiro atoms. The van der Waals surface area contributed by atoms with E-state index in [1.807, 2.05) is 0 Å². The molecule has 0 radical (unpaired) electrons. The molecule has 3 heteroatoms. The number of hydrogen-bond acceptors (Lipinski definition) is 2. The van der Waals surface area contributed by atoms with E-state index >= 15 is 0 Å². The van der Waals surface area contributed by atoms with Crippen LogP contribution in [0.15, 0.2) is 23.7 Å². The first-order valence-electron chi connectivity index (χ1n) is 6.62. The second-order valence-electron chi connectivity index (χ2n) is 6.78. The van der Waals surface area contributed by atoms with Crippen molar-refractivity contribution >= 4 is 8.07 Å². The fourth-order valence-electron chi connectivity index (χ4n) is 2.74. The molecule has 0 aliphatic heterocycles. The highest BCUT2D eigenvalue weighted by molar-refractivity contribution is 6.84. The second-order valence-corrected chi connectivity index (χ2v) is 12.5. The number of allylic oxidation sites excluding steroid dienone is 2. The summed E-state index contributed by atoms with van der Waals surface area (Å²) >= 11 is 0. The van der Waals surface area contributed by atoms with E-state index < -0.39 is 8.07 Å². The topological polar surface area (TPSA) is 18.5 Å². The summed E-state index contributed by atoms with van der Waals surface area (Å²) in [5.74, 6) is 2.15. The molecule has 2 nitrogen and oxygen atoms in total. The number of ether oxygens (including phenoxy) is 2. The van der Waals surface area contributed by atoms with Gasteiger partial charge in [-0.1, -0.05) is 33.9 Å². The van der Waals surface area contributed by atoms with E-state index in [9.17, 15) is 0 Å². The third-order valence-electron chi connectivity index (χ3n) is 5.16. The van der Waals surface area contributed by atoms with Crippen LogP contribution >= 0.6 is 0 Å². The number of hydrogen-bond donors (Lipinski definition) is 0. The smallest absolute Gasteiger partial charge is 0.102 e. The lowest BCUT2D eigenvalue weighted by atomic mass is 9.99. The SMILES string of the molecule is COC1=CCC=C(OC)C1(C)[Si](C)(C)C(C)(C)C. The molecule has 18 heavy (non-hydrogen) atoms. The minimum absolute atomic E-state index is 0.0903. The molecule has 0 N–H and O–H groups in total. The van der Waals surface area contributed by atoms with E-state index in [0.29, 0.717) is 0 Å². The van der Waals surface area contributed by atoms with Gasteiger partial charge in [-0.25, -0.2) is 0 Å². The highest BCUT2D eigenvalue weighted by atomic mass is 28.3. The Labute approximate surface area is 113 Å². The molecule has 1 aliphatic rings. The first-order valence-corrected chi connectivity index (χ1v) is 9.62. The average Bonchev–Trinajstić information content (AvgIpc) is 2.27. The van der Waals surface area contributed by atoms with Gasteiger partial charge in [0.1, 0.15) is 11.5 Å². The Morgan fingerprint density at radius 3 is 1.72 bits per heavy atom. The number of rotatable bonds is 3. The zero-order valence-corrected chi connectivity index (χ0v) is 14.2. The predicted octanol–water partition coefficient (Wildman–Crippen LogP) is 4.72. The maximum absolute atomic E-state index is 5.70. The van der Waals surface area contributed by atoms with E-state index in [2.05, 4.69) is 52.9 Å². The molecule has 104 valence electrons. The second kappa shape index (κ2) is 4.76. The van der Waals surface area contributed by atoms with Gasteiger partial charge in [0.15, 0.2) is 0 Å². The van der Waals surface area contributed by atoms with E-state index in [-0.39, 0.29) is 10.1 Å². The highest BCUT2D eigenvalue weighted by Crippen LogP contribution is 2.60. The summed E-state index contributed by atoms with van der Waals surface area (Å²) in [5, 5.41) is 0.182. The predicted molar refractivity (Wildman–Crippen MR) is 80.4 cm³/mol. The molecule has 0 heterocycles. The normalized spacial score (nSPS) is 20.0. The van der Waals surface area contributed by atoms with Crippen LogP contribution < -0.4 is 0 Å². The molecular formula is C15H28O2Si. The summed E-state index contributed by atoms with van der Waals surface area (Å²) in [6, 6.07) is 0. The lowest BCUT2D eigenvalue weighted by Crippen LogP contribution is -2.51. The summed E-state index contributed by atoms with van der Waals surface area (Å²) in [6.45, 7) is 14.1. The van der Waals surface area contributed by atoms with Crippen molar-refractivity contribution in [2.24, 2.45) is 0 Å². The van der Waals surface area contributed by atoms with Gasteiger partial charge in [-0.15, -0.1) is 0 Å². The molecule has 0 saturated carbocycles. The summed E-state index contributed by atoms with van der Waals surface area (Å²) in [6.07, 6.45) is 5.29. The largest absolute Gasteiger partial charge is 0.501 e. The molecule has 0 aromatic carbocycles. The van der Waals surface area contributed by atoms with Crippen molar-refractivity contribution in [2.75, 3.05) is 14.2 Å². The summed E-state index contributed by atoms with van der Waals surface area (Å²) < 4.78 is 11.4. The third-order valence-corrected chi connectivity index (χ3v) is 11.9. The van der Waals surface area contributed by atoms with Gasteiger partial charge in [-0.2, -0.15) is 0 Å². The van der Waals surface area contributed by atoms with Crippen molar-refractivity contribution in [1.29, 1.82) is 0 Å². The van der Waals surface area contributed by atoms with Gasteiger partial charge in [-0.3, -0.25) is 0 Å². The maximum Gasteiger partial charge on any atom is 0.102 e. The fraction of sp³-hybridized carbons (Fsp3) is 0.733. The monoisotopic (exact) mass is 268 g/mol. The van der Waals surface area contributed by atoms with Gasteiger partial charge >= 0.3 is 0 Å². The Bertz CT molecular complexity index is 352. The van der Waals surface area contributed by atoms with Gasteiger partial charge in [0, 0.05) is 0 Å². The van der Waals surface area contributed by atoms with Crippen LogP contribution in [0.5, 0.6) is 0 Å². The molecule has 1 aliphatic carbocycles. The van der Waals surface area contributed by atoms with Crippen molar-refractivity contribution < 1.29 is 9.47 Å². The molecule has 0 atom stereocenters. The molecular weight excluding hydrogens is 240 g/mol. The van der Waals surface area contributed by atoms with E-state index in [0.717, 1.165) is 17.9 Å². The highest BCUT2D eigenvalue weighted by Gasteiger charge is 2.56. The summed E-state index contributed by atoms with van der Waals surface area (Å²) in [4.78, 5) is 0. The molecule has 0 fully saturated rings. The minimum Gasteiger partial charge on any atom is -0.501 e. The van der Waals surface area contributed by atoms with Gasteiger partial charge in [0.05, 0.1) is 27.3 Å². The Morgan fingerprint density at radius 1 is 1.06 bits per heavy atom. The van der Waals surface area contributed by atoms with Crippen LogP contribution in [0.4, 0.5) is 0 Å². The van der Waals surface area contributed by atoms with Crippen LogP contribution in [0, 0.1) is 0 Å². The zero-order valence-electron chi connectivity index (χ0n) is 13.2. The molecule has 0 saturated heterocycles. The van der Waals surface area contributed by atoms with Crippen molar-refractivity contribution in [3.8, 4) is 0 Å². The molecule has 0 aromatic rings. The van der Waals surface area contributed by atoms with Crippen molar-refractivity contribution in [1.82, 2.24) is 0 Å². The molecule has 1 rings (SSSR count). The quantitative estimate of drug-likeness (QED) is 0.690. The first-order chi connectivity index (χ1) is 8.12. The van der Waals surface area contributed by atoms with Crippen molar-refractivity contribution in [3.05, 3.63) is 23.7 Å². The average molecular weight is 268 g/mol. The fourth-order valence-corrected chi connectivity index (χ4v) is 5.88. The molecule has 0 amide bonds. The van der Waals surface area contributed by atoms with Crippen LogP contribution in [0.1, 0.15) is 34.1 Å². The van der Waals surface area contributed by atoms with E-state index in [4.69, 9.17) is 9.47 Å². The zero-order chi connectivity index (χ0) is 14.2. The van der Waals surface area contributed by atoms with Gasteiger partial charge < -0.3 is 9.47 Å². The first kappa shape index (κ1) is 15.4. The Morgan fingerprint density at radius 2 is 1.44 bits per heavy atom. The Balaban J connectivity index is 3.41. The number of methoxy groups -OCH3 is 2. The van der Waals surface area contributed by atoms with Gasteiger partial charge in [-0.05, 0) is 30.5 Å². The van der Waals surface area contributed by atoms with Crippen LogP contribution in [-0.4, -0.2) is 22.3 Å². The molecule has 0 aromatic heterocycles. The summed E-state index contributed by atoms with van der Waals surface area (Å²) in [5.41, 5.74) is 0. The van der Waals surface area contributed by atoms with Crippen molar-refractivity contribution in [2.45, 2.75) is 57.3 Å². The minimum atomic E-state index is -1.68. The van der Waals surface area contributed by atoms with Crippen LogP contribution in [0.2, 0.25) is 23.2 Å². The van der Waals surface area contributed by atoms with E-state index in [1.165, 1.54) is 0 Å². The lowest BCUT2D eigenvalue weighted by Gasteiger charge is -2.52. The van der Waals surface area contributed by atoms with Gasteiger partial charge in [0.2, 0.25) is 0 Å². The van der Waals surface area contributed by atoms with Crippen LogP contribution in [-0.2, 0) is 9.47 Å². The Kier molecular flexibility index (Phi) is 4.06. The summed E-state index contributed by atoms with van der Waals surface area (Å²) in [7, 11) is 1.86. The third kappa shape index (κ3) is 2.02. The van der Waals surface area contributed by atoms with Crippen LogP contribution in [0.25, 0.3) is 0 Å². The lowest BCUT2D eigenvalue weighted by molar-refractivity contribution is 0.197. The Hall–Kier alpha value is -0.703. The van der Waals surface area contributed by atoms with Crippen LogP contribution in [0.3, 0.4) is 0 Å². The standard InChI is InChI=1S/C15H28O2Si/c1-14(2,3)18(7,8)15(4)12(16-5)10-9-11-13(15)17-6/h10-11H,9H2,1-8H3. The van der Waals surface area contributed by atoms with E-state index in [1.54, 1.807) is 14.2 Å².